The van der Waals surface area contributed by atoms with Crippen molar-refractivity contribution in [3.05, 3.63) is 42.2 Å². The number of urea groups is 1. The van der Waals surface area contributed by atoms with Gasteiger partial charge in [-0.3, -0.25) is 4.68 Å². The van der Waals surface area contributed by atoms with E-state index in [1.54, 1.807) is 0 Å². The third kappa shape index (κ3) is 4.11. The lowest BCUT2D eigenvalue weighted by atomic mass is 9.82. The molecule has 8 heteroatoms. The summed E-state index contributed by atoms with van der Waals surface area (Å²) < 4.78 is 14.2. The highest BCUT2D eigenvalue weighted by Gasteiger charge is 2.52. The van der Waals surface area contributed by atoms with Gasteiger partial charge in [-0.15, -0.1) is 0 Å². The van der Waals surface area contributed by atoms with Crippen LogP contribution in [0.5, 0.6) is 0 Å². The molecule has 2 saturated heterocycles. The highest BCUT2D eigenvalue weighted by molar-refractivity contribution is 6.62. The molecule has 160 valence electrons. The van der Waals surface area contributed by atoms with Crippen LogP contribution in [-0.2, 0) is 9.31 Å². The van der Waals surface area contributed by atoms with Gasteiger partial charge in [0.25, 0.3) is 0 Å². The maximum atomic E-state index is 12.6. The molecule has 1 aromatic carbocycles. The van der Waals surface area contributed by atoms with Crippen LogP contribution in [0.2, 0.25) is 0 Å². The van der Waals surface area contributed by atoms with Crippen molar-refractivity contribution >= 4 is 24.3 Å². The van der Waals surface area contributed by atoms with Gasteiger partial charge in [0, 0.05) is 36.6 Å². The molecule has 4 rings (SSSR count). The minimum atomic E-state index is -0.399. The summed E-state index contributed by atoms with van der Waals surface area (Å²) >= 11 is 0. The average Bonchev–Trinajstić information content (AvgIpc) is 3.26. The Balaban J connectivity index is 1.33. The lowest BCUT2D eigenvalue weighted by Crippen LogP contribution is -2.41. The van der Waals surface area contributed by atoms with Gasteiger partial charge in [-0.2, -0.15) is 5.10 Å². The Morgan fingerprint density at radius 3 is 2.30 bits per heavy atom. The highest BCUT2D eigenvalue weighted by atomic mass is 16.7. The predicted molar refractivity (Wildman–Crippen MR) is 118 cm³/mol. The first-order valence-electron chi connectivity index (χ1n) is 10.7. The molecule has 0 bridgehead atoms. The topological polar surface area (TPSA) is 68.6 Å². The average molecular weight is 410 g/mol. The minimum absolute atomic E-state index is 0.0457. The number of amides is 2. The summed E-state index contributed by atoms with van der Waals surface area (Å²) in [5, 5.41) is 7.54. The van der Waals surface area contributed by atoms with Gasteiger partial charge in [0.1, 0.15) is 0 Å². The van der Waals surface area contributed by atoms with Gasteiger partial charge in [-0.25, -0.2) is 4.79 Å². The lowest BCUT2D eigenvalue weighted by molar-refractivity contribution is 0.00578. The third-order valence-corrected chi connectivity index (χ3v) is 6.58. The first kappa shape index (κ1) is 20.9. The van der Waals surface area contributed by atoms with Gasteiger partial charge in [0.15, 0.2) is 0 Å². The number of aryl methyl sites for hydroxylation is 1. The maximum Gasteiger partial charge on any atom is 0.498 e. The summed E-state index contributed by atoms with van der Waals surface area (Å²) in [6.07, 6.45) is 5.59. The van der Waals surface area contributed by atoms with Crippen LogP contribution in [0.25, 0.3) is 0 Å². The number of nitrogens with zero attached hydrogens (tertiary/aromatic N) is 3. The molecule has 30 heavy (non-hydrogen) atoms. The molecular weight excluding hydrogens is 379 g/mol. The highest BCUT2D eigenvalue weighted by Crippen LogP contribution is 2.36. The molecule has 0 radical (unpaired) electrons. The molecule has 3 heterocycles. The molecule has 0 saturated carbocycles. The molecule has 2 aliphatic rings. The van der Waals surface area contributed by atoms with E-state index >= 15 is 0 Å². The fraction of sp³-hybridized carbons (Fsp3) is 0.545. The van der Waals surface area contributed by atoms with Crippen LogP contribution in [0.3, 0.4) is 0 Å². The second-order valence-electron chi connectivity index (χ2n) is 9.36. The molecule has 0 atom stereocenters. The number of hydrogen-bond acceptors (Lipinski definition) is 4. The second-order valence-corrected chi connectivity index (χ2v) is 9.36. The van der Waals surface area contributed by atoms with Crippen molar-refractivity contribution in [3.63, 3.8) is 0 Å². The summed E-state index contributed by atoms with van der Waals surface area (Å²) in [6, 6.07) is 8.08. The first-order chi connectivity index (χ1) is 14.1. The number of anilines is 1. The molecule has 0 unspecified atom stereocenters. The molecule has 1 N–H and O–H groups in total. The van der Waals surface area contributed by atoms with E-state index in [9.17, 15) is 4.79 Å². The molecule has 7 nitrogen and oxygen atoms in total. The van der Waals surface area contributed by atoms with Crippen molar-refractivity contribution in [2.75, 3.05) is 18.4 Å². The van der Waals surface area contributed by atoms with E-state index in [1.807, 2.05) is 53.2 Å². The fourth-order valence-electron chi connectivity index (χ4n) is 3.83. The Morgan fingerprint density at radius 1 is 1.10 bits per heavy atom. The largest absolute Gasteiger partial charge is 0.498 e. The quantitative estimate of drug-likeness (QED) is 0.788. The number of carbonyl (C=O) groups is 1. The van der Waals surface area contributed by atoms with E-state index in [-0.39, 0.29) is 23.3 Å². The van der Waals surface area contributed by atoms with Gasteiger partial charge in [-0.05, 0) is 59.6 Å². The Labute approximate surface area is 178 Å². The predicted octanol–water partition coefficient (Wildman–Crippen LogP) is 3.36. The van der Waals surface area contributed by atoms with Crippen LogP contribution < -0.4 is 10.8 Å². The molecule has 0 aliphatic carbocycles. The van der Waals surface area contributed by atoms with Crippen molar-refractivity contribution in [2.24, 2.45) is 0 Å². The summed E-state index contributed by atoms with van der Waals surface area (Å²) in [4.78, 5) is 14.4. The van der Waals surface area contributed by atoms with Gasteiger partial charge in [-0.1, -0.05) is 17.7 Å². The summed E-state index contributed by atoms with van der Waals surface area (Å²) in [7, 11) is -0.399. The zero-order valence-electron chi connectivity index (χ0n) is 18.5. The van der Waals surface area contributed by atoms with E-state index in [0.717, 1.165) is 24.0 Å². The number of hydrogen-bond donors (Lipinski definition) is 1. The summed E-state index contributed by atoms with van der Waals surface area (Å²) in [6.45, 7) is 11.6. The van der Waals surface area contributed by atoms with Gasteiger partial charge in [0.2, 0.25) is 0 Å². The molecular formula is C22H31BN4O3. The van der Waals surface area contributed by atoms with Crippen molar-refractivity contribution in [2.45, 2.75) is 64.7 Å². The molecule has 0 spiro atoms. The fourth-order valence-corrected chi connectivity index (χ4v) is 3.83. The molecule has 1 aromatic heterocycles. The van der Waals surface area contributed by atoms with E-state index in [1.165, 1.54) is 5.56 Å². The smallest absolute Gasteiger partial charge is 0.399 e. The van der Waals surface area contributed by atoms with Crippen LogP contribution in [0.1, 0.15) is 52.1 Å². The van der Waals surface area contributed by atoms with E-state index in [2.05, 4.69) is 38.1 Å². The Bertz CT molecular complexity index is 885. The Hall–Kier alpha value is -2.32. The summed E-state index contributed by atoms with van der Waals surface area (Å²) in [5.41, 5.74) is 2.21. The van der Waals surface area contributed by atoms with Crippen molar-refractivity contribution < 1.29 is 14.1 Å². The number of piperidine rings is 1. The van der Waals surface area contributed by atoms with Crippen molar-refractivity contribution in [1.29, 1.82) is 0 Å². The van der Waals surface area contributed by atoms with Crippen LogP contribution in [-0.4, -0.2) is 52.1 Å². The molecule has 2 aromatic rings. The number of aromatic nitrogens is 2. The molecule has 2 fully saturated rings. The molecule has 2 amide bonds. The van der Waals surface area contributed by atoms with E-state index in [4.69, 9.17) is 9.31 Å². The normalized spacial score (nSPS) is 21.1. The van der Waals surface area contributed by atoms with Gasteiger partial charge < -0.3 is 19.5 Å². The zero-order chi connectivity index (χ0) is 21.5. The number of rotatable bonds is 3. The van der Waals surface area contributed by atoms with Crippen LogP contribution >= 0.6 is 0 Å². The number of nitrogens with one attached hydrogen (secondary N) is 1. The van der Waals surface area contributed by atoms with E-state index in [0.29, 0.717) is 13.1 Å². The Kier molecular flexibility index (Phi) is 5.40. The number of likely N-dealkylation sites (tertiary alicyclic amines) is 1. The second kappa shape index (κ2) is 7.74. The van der Waals surface area contributed by atoms with Crippen LogP contribution in [0.4, 0.5) is 10.5 Å². The van der Waals surface area contributed by atoms with Crippen LogP contribution in [0, 0.1) is 6.92 Å². The summed E-state index contributed by atoms with van der Waals surface area (Å²) in [5.74, 6) is 0. The maximum absolute atomic E-state index is 12.6. The zero-order valence-corrected chi connectivity index (χ0v) is 18.5. The standard InChI is InChI=1S/C22H31BN4O3/c1-16-6-8-18(9-7-16)25-20(28)26-12-10-19(11-13-26)27-15-17(14-24-27)23-29-21(2,3)22(4,5)30-23/h6-9,14-15,19H,10-13H2,1-5H3,(H,25,28). The number of carbonyl (C=O) groups excluding carboxylic acids is 1. The van der Waals surface area contributed by atoms with Crippen molar-refractivity contribution in [1.82, 2.24) is 14.7 Å². The van der Waals surface area contributed by atoms with Gasteiger partial charge >= 0.3 is 13.1 Å². The Morgan fingerprint density at radius 2 is 1.70 bits per heavy atom. The first-order valence-corrected chi connectivity index (χ1v) is 10.7. The monoisotopic (exact) mass is 410 g/mol. The van der Waals surface area contributed by atoms with Crippen LogP contribution in [0.15, 0.2) is 36.7 Å². The SMILES string of the molecule is Cc1ccc(NC(=O)N2CCC(n3cc(B4OC(C)(C)C(C)(C)O4)cn3)CC2)cc1. The van der Waals surface area contributed by atoms with Crippen molar-refractivity contribution in [3.8, 4) is 0 Å². The van der Waals surface area contributed by atoms with Gasteiger partial charge in [0.05, 0.1) is 17.2 Å². The third-order valence-electron chi connectivity index (χ3n) is 6.58. The number of benzene rings is 1. The molecule has 2 aliphatic heterocycles. The lowest BCUT2D eigenvalue weighted by Gasteiger charge is -2.32. The minimum Gasteiger partial charge on any atom is -0.399 e. The van der Waals surface area contributed by atoms with E-state index < -0.39 is 7.12 Å².